The Morgan fingerprint density at radius 1 is 1.41 bits per heavy atom. The summed E-state index contributed by atoms with van der Waals surface area (Å²) >= 11 is 1.66. The molecule has 4 heteroatoms. The molecular weight excluding hydrogens is 232 g/mol. The van der Waals surface area contributed by atoms with Gasteiger partial charge in [0.25, 0.3) is 0 Å². The molecule has 1 atom stereocenters. The molecule has 0 aliphatic heterocycles. The van der Waals surface area contributed by atoms with E-state index in [1.54, 1.807) is 18.4 Å². The first kappa shape index (κ1) is 11.9. The Labute approximate surface area is 105 Å². The fraction of sp³-hybridized carbons (Fsp3) is 0.308. The molecule has 2 rings (SSSR count). The van der Waals surface area contributed by atoms with Crippen molar-refractivity contribution in [1.29, 1.82) is 0 Å². The van der Waals surface area contributed by atoms with Gasteiger partial charge in [0.1, 0.15) is 10.8 Å². The van der Waals surface area contributed by atoms with E-state index in [4.69, 9.17) is 4.74 Å². The highest BCUT2D eigenvalue weighted by Crippen LogP contribution is 2.25. The van der Waals surface area contributed by atoms with Crippen LogP contribution < -0.4 is 10.1 Å². The van der Waals surface area contributed by atoms with Crippen LogP contribution in [0.5, 0.6) is 5.75 Å². The van der Waals surface area contributed by atoms with Crippen molar-refractivity contribution in [3.63, 3.8) is 0 Å². The molecular formula is C13H16N2OS. The van der Waals surface area contributed by atoms with Gasteiger partial charge < -0.3 is 10.1 Å². The second-order valence-corrected chi connectivity index (χ2v) is 4.85. The number of hydrogen-bond donors (Lipinski definition) is 1. The Hall–Kier alpha value is -1.55. The number of aromatic nitrogens is 1. The van der Waals surface area contributed by atoms with Gasteiger partial charge in [0.05, 0.1) is 13.2 Å². The molecule has 2 aromatic rings. The summed E-state index contributed by atoms with van der Waals surface area (Å²) in [4.78, 5) is 4.30. The summed E-state index contributed by atoms with van der Waals surface area (Å²) in [6, 6.07) is 6.31. The van der Waals surface area contributed by atoms with Crippen molar-refractivity contribution in [2.75, 3.05) is 12.4 Å². The molecule has 0 aliphatic rings. The third-order valence-corrected chi connectivity index (χ3v) is 3.56. The topological polar surface area (TPSA) is 34.1 Å². The Kier molecular flexibility index (Phi) is 3.64. The molecule has 17 heavy (non-hydrogen) atoms. The van der Waals surface area contributed by atoms with Gasteiger partial charge in [-0.05, 0) is 37.6 Å². The highest BCUT2D eigenvalue weighted by molar-refractivity contribution is 7.09. The molecule has 1 N–H and O–H groups in total. The van der Waals surface area contributed by atoms with Gasteiger partial charge in [0.15, 0.2) is 0 Å². The molecule has 0 amide bonds. The average molecular weight is 248 g/mol. The monoisotopic (exact) mass is 248 g/mol. The van der Waals surface area contributed by atoms with Crippen LogP contribution in [-0.4, -0.2) is 12.1 Å². The molecule has 1 unspecified atom stereocenters. The van der Waals surface area contributed by atoms with E-state index in [0.29, 0.717) is 0 Å². The van der Waals surface area contributed by atoms with E-state index in [0.717, 1.165) is 22.0 Å². The molecule has 0 saturated heterocycles. The number of hydrogen-bond acceptors (Lipinski definition) is 4. The van der Waals surface area contributed by atoms with Crippen molar-refractivity contribution in [1.82, 2.24) is 4.98 Å². The highest BCUT2D eigenvalue weighted by Gasteiger charge is 2.08. The van der Waals surface area contributed by atoms with Crippen LogP contribution in [0, 0.1) is 6.92 Å². The second-order valence-electron chi connectivity index (χ2n) is 3.92. The van der Waals surface area contributed by atoms with Gasteiger partial charge in [-0.1, -0.05) is 0 Å². The molecule has 0 radical (unpaired) electrons. The maximum Gasteiger partial charge on any atom is 0.121 e. The quantitative estimate of drug-likeness (QED) is 0.897. The maximum atomic E-state index is 5.24. The zero-order valence-electron chi connectivity index (χ0n) is 10.2. The van der Waals surface area contributed by atoms with Gasteiger partial charge in [0, 0.05) is 17.3 Å². The van der Waals surface area contributed by atoms with Crippen molar-refractivity contribution >= 4 is 17.0 Å². The standard InChI is InChI=1S/C13H16N2OS/c1-9-8-11(4-5-12(9)16-3)15-10(2)13-14-6-7-17-13/h4-8,10,15H,1-3H3. The summed E-state index contributed by atoms with van der Waals surface area (Å²) in [5.74, 6) is 0.914. The smallest absolute Gasteiger partial charge is 0.121 e. The highest BCUT2D eigenvalue weighted by atomic mass is 32.1. The first-order chi connectivity index (χ1) is 8.20. The van der Waals surface area contributed by atoms with Crippen molar-refractivity contribution in [2.45, 2.75) is 19.9 Å². The van der Waals surface area contributed by atoms with E-state index >= 15 is 0 Å². The lowest BCUT2D eigenvalue weighted by atomic mass is 10.2. The van der Waals surface area contributed by atoms with Crippen LogP contribution in [-0.2, 0) is 0 Å². The lowest BCUT2D eigenvalue weighted by Gasteiger charge is -2.14. The van der Waals surface area contributed by atoms with Gasteiger partial charge in [-0.2, -0.15) is 0 Å². The van der Waals surface area contributed by atoms with Crippen molar-refractivity contribution < 1.29 is 4.74 Å². The summed E-state index contributed by atoms with van der Waals surface area (Å²) in [5, 5.41) is 6.52. The van der Waals surface area contributed by atoms with Gasteiger partial charge in [-0.15, -0.1) is 11.3 Å². The number of rotatable bonds is 4. The molecule has 0 bridgehead atoms. The number of methoxy groups -OCH3 is 1. The zero-order chi connectivity index (χ0) is 12.3. The Morgan fingerprint density at radius 2 is 2.24 bits per heavy atom. The molecule has 0 aliphatic carbocycles. The first-order valence-corrected chi connectivity index (χ1v) is 6.39. The van der Waals surface area contributed by atoms with E-state index in [2.05, 4.69) is 23.3 Å². The third kappa shape index (κ3) is 2.77. The van der Waals surface area contributed by atoms with E-state index in [1.807, 2.05) is 30.6 Å². The fourth-order valence-corrected chi connectivity index (χ4v) is 2.37. The van der Waals surface area contributed by atoms with Crippen molar-refractivity contribution in [2.24, 2.45) is 0 Å². The summed E-state index contributed by atoms with van der Waals surface area (Å²) in [6.07, 6.45) is 1.83. The van der Waals surface area contributed by atoms with Crippen LogP contribution in [0.1, 0.15) is 23.5 Å². The van der Waals surface area contributed by atoms with Crippen LogP contribution in [0.3, 0.4) is 0 Å². The SMILES string of the molecule is COc1ccc(NC(C)c2nccs2)cc1C. The largest absolute Gasteiger partial charge is 0.496 e. The molecule has 3 nitrogen and oxygen atoms in total. The second kappa shape index (κ2) is 5.19. The zero-order valence-corrected chi connectivity index (χ0v) is 11.0. The maximum absolute atomic E-state index is 5.24. The van der Waals surface area contributed by atoms with E-state index in [-0.39, 0.29) is 6.04 Å². The Balaban J connectivity index is 2.11. The molecule has 0 fully saturated rings. The average Bonchev–Trinajstić information content (AvgIpc) is 2.82. The Morgan fingerprint density at radius 3 is 2.82 bits per heavy atom. The van der Waals surface area contributed by atoms with Crippen LogP contribution >= 0.6 is 11.3 Å². The van der Waals surface area contributed by atoms with Crippen molar-refractivity contribution in [3.05, 3.63) is 40.3 Å². The van der Waals surface area contributed by atoms with E-state index < -0.39 is 0 Å². The normalized spacial score (nSPS) is 12.2. The third-order valence-electron chi connectivity index (χ3n) is 2.60. The number of nitrogens with zero attached hydrogens (tertiary/aromatic N) is 1. The predicted octanol–water partition coefficient (Wildman–Crippen LogP) is 3.63. The summed E-state index contributed by atoms with van der Waals surface area (Å²) in [7, 11) is 1.69. The molecule has 1 aromatic heterocycles. The Bertz CT molecular complexity index is 482. The van der Waals surface area contributed by atoms with Gasteiger partial charge in [-0.3, -0.25) is 0 Å². The van der Waals surface area contributed by atoms with Gasteiger partial charge >= 0.3 is 0 Å². The molecule has 90 valence electrons. The van der Waals surface area contributed by atoms with Gasteiger partial charge in [-0.25, -0.2) is 4.98 Å². The van der Waals surface area contributed by atoms with Crippen LogP contribution in [0.25, 0.3) is 0 Å². The number of aryl methyl sites for hydroxylation is 1. The molecule has 0 saturated carbocycles. The number of anilines is 1. The summed E-state index contributed by atoms with van der Waals surface area (Å²) < 4.78 is 5.24. The molecule has 1 heterocycles. The minimum absolute atomic E-state index is 0.225. The number of ether oxygens (including phenoxy) is 1. The molecule has 1 aromatic carbocycles. The number of nitrogens with one attached hydrogen (secondary N) is 1. The van der Waals surface area contributed by atoms with Crippen LogP contribution in [0.15, 0.2) is 29.8 Å². The number of benzene rings is 1. The fourth-order valence-electron chi connectivity index (χ4n) is 1.73. The lowest BCUT2D eigenvalue weighted by Crippen LogP contribution is -2.06. The van der Waals surface area contributed by atoms with Crippen LogP contribution in [0.2, 0.25) is 0 Å². The van der Waals surface area contributed by atoms with E-state index in [1.165, 1.54) is 0 Å². The van der Waals surface area contributed by atoms with Crippen molar-refractivity contribution in [3.8, 4) is 5.75 Å². The first-order valence-electron chi connectivity index (χ1n) is 5.51. The predicted molar refractivity (Wildman–Crippen MR) is 71.9 cm³/mol. The van der Waals surface area contributed by atoms with Gasteiger partial charge in [0.2, 0.25) is 0 Å². The van der Waals surface area contributed by atoms with E-state index in [9.17, 15) is 0 Å². The van der Waals surface area contributed by atoms with Crippen LogP contribution in [0.4, 0.5) is 5.69 Å². The minimum Gasteiger partial charge on any atom is -0.496 e. The summed E-state index contributed by atoms with van der Waals surface area (Å²) in [6.45, 7) is 4.15. The summed E-state index contributed by atoms with van der Waals surface area (Å²) in [5.41, 5.74) is 2.22. The minimum atomic E-state index is 0.225. The molecule has 0 spiro atoms. The number of thiazole rings is 1. The lowest BCUT2D eigenvalue weighted by molar-refractivity contribution is 0.412.